The van der Waals surface area contributed by atoms with Gasteiger partial charge in [0.1, 0.15) is 6.54 Å². The summed E-state index contributed by atoms with van der Waals surface area (Å²) < 4.78 is 7.84. The number of hydrogen-bond acceptors (Lipinski definition) is 3. The molecule has 0 aliphatic heterocycles. The second-order valence-electron chi connectivity index (χ2n) is 6.30. The van der Waals surface area contributed by atoms with Gasteiger partial charge in [-0.05, 0) is 67.0 Å². The van der Waals surface area contributed by atoms with Crippen molar-refractivity contribution in [1.29, 1.82) is 0 Å². The van der Waals surface area contributed by atoms with Crippen molar-refractivity contribution in [2.45, 2.75) is 27.3 Å². The van der Waals surface area contributed by atoms with Crippen LogP contribution in [0.1, 0.15) is 30.0 Å². The van der Waals surface area contributed by atoms with Gasteiger partial charge in [0.15, 0.2) is 10.4 Å². The summed E-state index contributed by atoms with van der Waals surface area (Å²) in [6, 6.07) is 9.32. The molecular weight excluding hydrogens is 410 g/mol. The van der Waals surface area contributed by atoms with Crippen LogP contribution >= 0.6 is 15.9 Å². The summed E-state index contributed by atoms with van der Waals surface area (Å²) in [7, 11) is 0. The molecule has 0 unspecified atom stereocenters. The largest absolute Gasteiger partial charge is 0.444 e. The summed E-state index contributed by atoms with van der Waals surface area (Å²) >= 11 is 3.23. The molecule has 2 aromatic heterocycles. The lowest BCUT2D eigenvalue weighted by Gasteiger charge is -2.19. The summed E-state index contributed by atoms with van der Waals surface area (Å²) in [5.41, 5.74) is 2.39. The molecular formula is C20H22BrN3O3. The highest BCUT2D eigenvalue weighted by molar-refractivity contribution is 9.10. The Morgan fingerprint density at radius 1 is 1.19 bits per heavy atom. The highest BCUT2D eigenvalue weighted by Crippen LogP contribution is 2.23. The first-order valence-corrected chi connectivity index (χ1v) is 9.66. The second kappa shape index (κ2) is 8.00. The SMILES string of the molecule is CCN(CC)C(=O)Cn1ccc2cc(NC(=O)c3oc(Br)cc3C)ccc21. The van der Waals surface area contributed by atoms with Gasteiger partial charge in [-0.2, -0.15) is 0 Å². The number of hydrogen-bond donors (Lipinski definition) is 1. The van der Waals surface area contributed by atoms with Crippen LogP contribution < -0.4 is 5.32 Å². The Bertz CT molecular complexity index is 986. The third-order valence-corrected chi connectivity index (χ3v) is 4.94. The molecule has 27 heavy (non-hydrogen) atoms. The average Bonchev–Trinajstić information content (AvgIpc) is 3.18. The van der Waals surface area contributed by atoms with Gasteiger partial charge in [-0.15, -0.1) is 0 Å². The summed E-state index contributed by atoms with van der Waals surface area (Å²) in [5.74, 6) is 0.0757. The number of nitrogens with zero attached hydrogens (tertiary/aromatic N) is 2. The number of anilines is 1. The molecule has 0 saturated carbocycles. The van der Waals surface area contributed by atoms with Crippen molar-refractivity contribution in [3.63, 3.8) is 0 Å². The van der Waals surface area contributed by atoms with Crippen molar-refractivity contribution in [3.05, 3.63) is 52.5 Å². The predicted octanol–water partition coefficient (Wildman–Crippen LogP) is 4.43. The van der Waals surface area contributed by atoms with Gasteiger partial charge in [0.05, 0.1) is 0 Å². The molecule has 1 N–H and O–H groups in total. The zero-order chi connectivity index (χ0) is 19.6. The molecule has 2 amide bonds. The molecule has 0 bridgehead atoms. The van der Waals surface area contributed by atoms with Crippen LogP contribution in [0.25, 0.3) is 10.9 Å². The lowest BCUT2D eigenvalue weighted by Crippen LogP contribution is -2.33. The summed E-state index contributed by atoms with van der Waals surface area (Å²) in [5, 5.41) is 3.81. The smallest absolute Gasteiger partial charge is 0.291 e. The van der Waals surface area contributed by atoms with Crippen LogP contribution in [0.15, 0.2) is 45.6 Å². The van der Waals surface area contributed by atoms with Crippen molar-refractivity contribution in [1.82, 2.24) is 9.47 Å². The van der Waals surface area contributed by atoms with Crippen molar-refractivity contribution in [3.8, 4) is 0 Å². The Morgan fingerprint density at radius 3 is 2.56 bits per heavy atom. The molecule has 0 aliphatic carbocycles. The van der Waals surface area contributed by atoms with Gasteiger partial charge in [0.25, 0.3) is 5.91 Å². The fourth-order valence-corrected chi connectivity index (χ4v) is 3.60. The van der Waals surface area contributed by atoms with Crippen molar-refractivity contribution >= 4 is 44.3 Å². The van der Waals surface area contributed by atoms with Gasteiger partial charge in [-0.25, -0.2) is 0 Å². The summed E-state index contributed by atoms with van der Waals surface area (Å²) in [4.78, 5) is 26.6. The minimum absolute atomic E-state index is 0.0914. The molecule has 1 aromatic carbocycles. The molecule has 3 aromatic rings. The van der Waals surface area contributed by atoms with E-state index in [1.165, 1.54) is 0 Å². The first-order valence-electron chi connectivity index (χ1n) is 8.86. The van der Waals surface area contributed by atoms with E-state index < -0.39 is 0 Å². The van der Waals surface area contributed by atoms with E-state index >= 15 is 0 Å². The minimum Gasteiger partial charge on any atom is -0.444 e. The maximum Gasteiger partial charge on any atom is 0.291 e. The number of furan rings is 1. The molecule has 0 saturated heterocycles. The number of benzene rings is 1. The number of likely N-dealkylation sites (N-methyl/N-ethyl adjacent to an activating group) is 1. The van der Waals surface area contributed by atoms with Gasteiger partial charge in [-0.3, -0.25) is 9.59 Å². The topological polar surface area (TPSA) is 67.5 Å². The van der Waals surface area contributed by atoms with E-state index in [1.54, 1.807) is 6.07 Å². The van der Waals surface area contributed by atoms with Crippen LogP contribution in [-0.2, 0) is 11.3 Å². The van der Waals surface area contributed by atoms with E-state index in [0.29, 0.717) is 30.0 Å². The molecule has 3 rings (SSSR count). The van der Waals surface area contributed by atoms with E-state index in [9.17, 15) is 9.59 Å². The third kappa shape index (κ3) is 4.08. The molecule has 142 valence electrons. The molecule has 0 atom stereocenters. The number of fused-ring (bicyclic) bond motifs is 1. The molecule has 7 heteroatoms. The van der Waals surface area contributed by atoms with E-state index in [4.69, 9.17) is 4.42 Å². The molecule has 2 heterocycles. The van der Waals surface area contributed by atoms with Crippen LogP contribution in [0.2, 0.25) is 0 Å². The van der Waals surface area contributed by atoms with Gasteiger partial charge in [0, 0.05) is 41.4 Å². The fourth-order valence-electron chi connectivity index (χ4n) is 3.09. The number of carbonyl (C=O) groups excluding carboxylic acids is 2. The zero-order valence-electron chi connectivity index (χ0n) is 15.6. The van der Waals surface area contributed by atoms with Crippen LogP contribution in [0.4, 0.5) is 5.69 Å². The molecule has 0 spiro atoms. The molecule has 0 radical (unpaired) electrons. The highest BCUT2D eigenvalue weighted by Gasteiger charge is 2.16. The van der Waals surface area contributed by atoms with Gasteiger partial charge in [-0.1, -0.05) is 0 Å². The van der Waals surface area contributed by atoms with E-state index in [1.807, 2.05) is 60.7 Å². The Morgan fingerprint density at radius 2 is 1.93 bits per heavy atom. The van der Waals surface area contributed by atoms with Crippen molar-refractivity contribution in [2.75, 3.05) is 18.4 Å². The highest BCUT2D eigenvalue weighted by atomic mass is 79.9. The molecule has 0 aliphatic rings. The Balaban J connectivity index is 1.78. The fraction of sp³-hybridized carbons (Fsp3) is 0.300. The number of halogens is 1. The number of carbonyl (C=O) groups is 2. The van der Waals surface area contributed by atoms with Crippen LogP contribution in [-0.4, -0.2) is 34.4 Å². The first-order chi connectivity index (χ1) is 12.9. The predicted molar refractivity (Wildman–Crippen MR) is 109 cm³/mol. The maximum atomic E-state index is 12.4. The van der Waals surface area contributed by atoms with E-state index in [0.717, 1.165) is 16.5 Å². The average molecular weight is 432 g/mol. The van der Waals surface area contributed by atoms with Gasteiger partial charge < -0.3 is 19.2 Å². The summed E-state index contributed by atoms with van der Waals surface area (Å²) in [6.07, 6.45) is 1.89. The Labute approximate surface area is 166 Å². The number of aromatic nitrogens is 1. The first kappa shape index (κ1) is 19.2. The van der Waals surface area contributed by atoms with Gasteiger partial charge in [0.2, 0.25) is 5.91 Å². The minimum atomic E-state index is -0.298. The Hall–Kier alpha value is -2.54. The molecule has 6 nitrogen and oxygen atoms in total. The van der Waals surface area contributed by atoms with E-state index in [-0.39, 0.29) is 17.6 Å². The van der Waals surface area contributed by atoms with Crippen LogP contribution in [0, 0.1) is 6.92 Å². The number of nitrogens with one attached hydrogen (secondary N) is 1. The standard InChI is InChI=1S/C20H22BrN3O3/c1-4-23(5-2)18(25)12-24-9-8-14-11-15(6-7-16(14)24)22-20(26)19-13(3)10-17(21)27-19/h6-11H,4-5,12H2,1-3H3,(H,22,26). The number of amides is 2. The van der Waals surface area contributed by atoms with Crippen LogP contribution in [0.5, 0.6) is 0 Å². The lowest BCUT2D eigenvalue weighted by atomic mass is 10.2. The van der Waals surface area contributed by atoms with Crippen molar-refractivity contribution in [2.24, 2.45) is 0 Å². The summed E-state index contributed by atoms with van der Waals surface area (Å²) in [6.45, 7) is 7.47. The second-order valence-corrected chi connectivity index (χ2v) is 7.08. The Kier molecular flexibility index (Phi) is 5.70. The lowest BCUT2D eigenvalue weighted by molar-refractivity contribution is -0.131. The van der Waals surface area contributed by atoms with Gasteiger partial charge >= 0.3 is 0 Å². The number of aryl methyl sites for hydroxylation is 1. The molecule has 0 fully saturated rings. The maximum absolute atomic E-state index is 12.4. The monoisotopic (exact) mass is 431 g/mol. The van der Waals surface area contributed by atoms with Crippen molar-refractivity contribution < 1.29 is 14.0 Å². The quantitative estimate of drug-likeness (QED) is 0.627. The normalized spacial score (nSPS) is 11.0. The van der Waals surface area contributed by atoms with E-state index in [2.05, 4.69) is 21.2 Å². The third-order valence-electron chi connectivity index (χ3n) is 4.54. The zero-order valence-corrected chi connectivity index (χ0v) is 17.2. The van der Waals surface area contributed by atoms with Crippen LogP contribution in [0.3, 0.4) is 0 Å². The number of rotatable bonds is 6.